The van der Waals surface area contributed by atoms with Crippen LogP contribution in [0.5, 0.6) is 0 Å². The van der Waals surface area contributed by atoms with Crippen molar-refractivity contribution in [3.05, 3.63) is 225 Å². The lowest BCUT2D eigenvalue weighted by molar-refractivity contribution is 0.0340. The van der Waals surface area contributed by atoms with Crippen molar-refractivity contribution in [3.63, 3.8) is 0 Å². The molecule has 3 heterocycles. The third-order valence-corrected chi connectivity index (χ3v) is 18.0. The van der Waals surface area contributed by atoms with Gasteiger partial charge in [0.2, 0.25) is 0 Å². The van der Waals surface area contributed by atoms with Gasteiger partial charge in [0.25, 0.3) is 0 Å². The van der Waals surface area contributed by atoms with E-state index in [9.17, 15) is 0 Å². The van der Waals surface area contributed by atoms with Gasteiger partial charge in [-0.2, -0.15) is 0 Å². The molecule has 3 fully saturated rings. The lowest BCUT2D eigenvalue weighted by atomic mass is 9.83. The highest BCUT2D eigenvalue weighted by Gasteiger charge is 2.22. The lowest BCUT2D eigenvalue weighted by Gasteiger charge is -2.32. The second-order valence-corrected chi connectivity index (χ2v) is 33.4. The maximum atomic E-state index is 5.39. The van der Waals surface area contributed by atoms with Crippen LogP contribution in [0.1, 0.15) is 225 Å². The van der Waals surface area contributed by atoms with Gasteiger partial charge in [-0.15, -0.1) is 0 Å². The fraction of sp³-hybridized carbons (Fsp3) is 0.568. The third kappa shape index (κ3) is 32.2. The zero-order valence-corrected chi connectivity index (χ0v) is 64.8. The fourth-order valence-corrected chi connectivity index (χ4v) is 12.2. The standard InChI is InChI=1S/C17H25N.C16H26N2.C15H23NO.C15H25N.2C12H19N.CH4/c1-14-7-6-10-18(12-14)13-15-8-5-9-16(11-15)17(2,3)4;1-16(2,3)15-7-5-14(6-8-15)13-18-11-9-17(4)10-12-18;1-15(2,3)14-7-5-4-6-13(14)12-16-8-10-17-11-9-16;1-6-10-16(5)12-13-8-7-9-14(11-13)15(2,3)4;1-12(2,3)11-7-5-6-10(8-11)9-13-4;1-12(2,3)11-8-6-5-7-10(11)9-13-4;/h5,8-9,11H,1,6-7,10,12-13H2,2-4H3;5-8H,9-13H2,1-4H3;4-7H,8-12H2,1-3H3;7-9,11H,6,10,12H2,1-5H3;2*5-8,13H,9H2,1-4H3;1H4. The Morgan fingerprint density at radius 3 is 1.35 bits per heavy atom. The Hall–Kier alpha value is -5.26. The van der Waals surface area contributed by atoms with Gasteiger partial charge in [-0.1, -0.05) is 297 Å². The van der Waals surface area contributed by atoms with E-state index >= 15 is 0 Å². The molecule has 3 aliphatic rings. The SMILES string of the molecule is C.C=C1CCCN(Cc2cccc(C(C)(C)C)c2)C1.CC(C)(C)c1ccccc1CN1CCOCC1.CCCN(C)Cc1cccc(C(C)(C)C)c1.CN1CCN(Cc2ccc(C(C)(C)C)cc2)CC1.CNCc1cccc(C(C)(C)C)c1.CNCc1ccccc1C(C)(C)C. The number of rotatable bonds is 14. The molecule has 0 radical (unpaired) electrons. The third-order valence-electron chi connectivity index (χ3n) is 18.0. The molecule has 0 spiro atoms. The van der Waals surface area contributed by atoms with Crippen molar-refractivity contribution in [2.75, 3.05) is 100 Å². The Morgan fingerprint density at radius 2 is 0.875 bits per heavy atom. The maximum Gasteiger partial charge on any atom is 0.0594 e. The molecule has 96 heavy (non-hydrogen) atoms. The van der Waals surface area contributed by atoms with E-state index in [4.69, 9.17) is 4.74 Å². The number of piperazine rings is 1. The molecule has 8 nitrogen and oxygen atoms in total. The largest absolute Gasteiger partial charge is 0.379 e. The molecule has 8 heteroatoms. The van der Waals surface area contributed by atoms with Crippen molar-refractivity contribution < 1.29 is 4.74 Å². The van der Waals surface area contributed by atoms with Crippen molar-refractivity contribution in [1.82, 2.24) is 35.1 Å². The smallest absolute Gasteiger partial charge is 0.0594 e. The van der Waals surface area contributed by atoms with Gasteiger partial charge in [0.05, 0.1) is 13.2 Å². The van der Waals surface area contributed by atoms with Crippen molar-refractivity contribution in [1.29, 1.82) is 0 Å². The summed E-state index contributed by atoms with van der Waals surface area (Å²) >= 11 is 0. The van der Waals surface area contributed by atoms with E-state index in [1.54, 1.807) is 0 Å². The van der Waals surface area contributed by atoms with Gasteiger partial charge >= 0.3 is 0 Å². The minimum absolute atomic E-state index is 0. The molecule has 0 bridgehead atoms. The summed E-state index contributed by atoms with van der Waals surface area (Å²) in [5.74, 6) is 0. The quantitative estimate of drug-likeness (QED) is 0.105. The number of ether oxygens (including phenoxy) is 1. The summed E-state index contributed by atoms with van der Waals surface area (Å²) in [7, 11) is 8.35. The maximum absolute atomic E-state index is 5.39. The van der Waals surface area contributed by atoms with Gasteiger partial charge < -0.3 is 25.2 Å². The first-order chi connectivity index (χ1) is 44.5. The highest BCUT2D eigenvalue weighted by atomic mass is 16.5. The van der Waals surface area contributed by atoms with Crippen LogP contribution in [0.4, 0.5) is 0 Å². The first-order valence-electron chi connectivity index (χ1n) is 36.1. The summed E-state index contributed by atoms with van der Waals surface area (Å²) < 4.78 is 5.39. The van der Waals surface area contributed by atoms with Crippen molar-refractivity contribution in [3.8, 4) is 0 Å². The number of piperidine rings is 1. The zero-order chi connectivity index (χ0) is 70.6. The number of nitrogens with zero attached hydrogens (tertiary/aromatic N) is 5. The van der Waals surface area contributed by atoms with Crippen LogP contribution in [-0.2, 0) is 76.5 Å². The number of hydrogen-bond donors (Lipinski definition) is 2. The minimum Gasteiger partial charge on any atom is -0.379 e. The van der Waals surface area contributed by atoms with E-state index in [0.29, 0.717) is 0 Å². The summed E-state index contributed by atoms with van der Waals surface area (Å²) in [5, 5.41) is 6.36. The monoisotopic (exact) mass is 1310 g/mol. The molecule has 3 saturated heterocycles. The molecule has 0 aromatic heterocycles. The number of likely N-dealkylation sites (tertiary alicyclic amines) is 1. The second kappa shape index (κ2) is 40.7. The van der Waals surface area contributed by atoms with Crippen LogP contribution in [0.3, 0.4) is 0 Å². The molecule has 6 aromatic carbocycles. The summed E-state index contributed by atoms with van der Waals surface area (Å²) in [6.07, 6.45) is 3.69. The average Bonchev–Trinajstić information content (AvgIpc) is 0.910. The Morgan fingerprint density at radius 1 is 0.438 bits per heavy atom. The minimum atomic E-state index is 0. The number of morpholine rings is 1. The van der Waals surface area contributed by atoms with E-state index in [1.807, 2.05) is 14.1 Å². The molecule has 0 aliphatic carbocycles. The predicted octanol–water partition coefficient (Wildman–Crippen LogP) is 19.6. The second-order valence-electron chi connectivity index (χ2n) is 33.4. The van der Waals surface area contributed by atoms with E-state index in [1.165, 1.54) is 131 Å². The molecular weight excluding hydrogens is 1170 g/mol. The Labute approximate surface area is 591 Å². The fourth-order valence-electron chi connectivity index (χ4n) is 12.2. The summed E-state index contributed by atoms with van der Waals surface area (Å²) in [4.78, 5) is 12.3. The van der Waals surface area contributed by atoms with E-state index in [-0.39, 0.29) is 39.9 Å². The predicted molar refractivity (Wildman–Crippen MR) is 422 cm³/mol. The molecule has 6 aromatic rings. The Kier molecular flexibility index (Phi) is 36.0. The van der Waals surface area contributed by atoms with Gasteiger partial charge in [-0.25, -0.2) is 0 Å². The Balaban J connectivity index is 0.000000301. The van der Waals surface area contributed by atoms with Gasteiger partial charge in [-0.05, 0) is 160 Å². The van der Waals surface area contributed by atoms with Crippen LogP contribution in [0.15, 0.2) is 158 Å². The normalized spacial score (nSPS) is 15.4. The number of nitrogens with one attached hydrogen (secondary N) is 2. The van der Waals surface area contributed by atoms with Crippen LogP contribution < -0.4 is 10.6 Å². The highest BCUT2D eigenvalue weighted by molar-refractivity contribution is 5.35. The van der Waals surface area contributed by atoms with Crippen LogP contribution in [0.2, 0.25) is 0 Å². The molecule has 0 unspecified atom stereocenters. The summed E-state index contributed by atoms with van der Waals surface area (Å²) in [6.45, 7) is 65.3. The van der Waals surface area contributed by atoms with Crippen LogP contribution in [-0.4, -0.2) is 125 Å². The van der Waals surface area contributed by atoms with Crippen molar-refractivity contribution >= 4 is 0 Å². The Bertz CT molecular complexity index is 3100. The van der Waals surface area contributed by atoms with Gasteiger partial charge in [-0.3, -0.25) is 14.7 Å². The molecule has 0 saturated carbocycles. The van der Waals surface area contributed by atoms with Crippen LogP contribution in [0, 0.1) is 0 Å². The number of hydrogen-bond acceptors (Lipinski definition) is 8. The van der Waals surface area contributed by atoms with Crippen molar-refractivity contribution in [2.24, 2.45) is 0 Å². The van der Waals surface area contributed by atoms with Gasteiger partial charge in [0.1, 0.15) is 0 Å². The van der Waals surface area contributed by atoms with Crippen molar-refractivity contribution in [2.45, 2.75) is 230 Å². The molecule has 0 amide bonds. The molecule has 2 N–H and O–H groups in total. The number of benzene rings is 6. The molecule has 534 valence electrons. The average molecular weight is 1310 g/mol. The van der Waals surface area contributed by atoms with Crippen LogP contribution >= 0.6 is 0 Å². The summed E-state index contributed by atoms with van der Waals surface area (Å²) in [6, 6.07) is 53.3. The highest BCUT2D eigenvalue weighted by Crippen LogP contribution is 2.30. The molecule has 0 atom stereocenters. The van der Waals surface area contributed by atoms with E-state index in [0.717, 1.165) is 72.1 Å². The molecular formula is C88H141N7O. The number of likely N-dealkylation sites (N-methyl/N-ethyl adjacent to an activating group) is 1. The van der Waals surface area contributed by atoms with E-state index < -0.39 is 0 Å². The van der Waals surface area contributed by atoms with E-state index in [2.05, 4.69) is 333 Å². The summed E-state index contributed by atoms with van der Waals surface area (Å²) in [5.41, 5.74) is 19.9. The van der Waals surface area contributed by atoms with Gasteiger partial charge in [0, 0.05) is 85.1 Å². The first-order valence-corrected chi connectivity index (χ1v) is 36.1. The lowest BCUT2D eigenvalue weighted by Crippen LogP contribution is -2.43. The molecule has 9 rings (SSSR count). The first kappa shape index (κ1) is 85.0. The van der Waals surface area contributed by atoms with Gasteiger partial charge in [0.15, 0.2) is 0 Å². The molecule has 3 aliphatic heterocycles. The van der Waals surface area contributed by atoms with Crippen LogP contribution in [0.25, 0.3) is 0 Å². The topological polar surface area (TPSA) is 49.5 Å². The zero-order valence-electron chi connectivity index (χ0n) is 64.8.